The zero-order chi connectivity index (χ0) is 27.3. The van der Waals surface area contributed by atoms with Crippen molar-refractivity contribution >= 4 is 79.0 Å². The van der Waals surface area contributed by atoms with E-state index in [-0.39, 0.29) is 12.4 Å². The summed E-state index contributed by atoms with van der Waals surface area (Å²) >= 11 is 6.68. The van der Waals surface area contributed by atoms with E-state index >= 15 is 0 Å². The molecule has 0 spiro atoms. The number of aromatic nitrogens is 2. The molecule has 4 N–H and O–H groups in total. The number of aldehydes is 1. The van der Waals surface area contributed by atoms with Gasteiger partial charge in [-0.2, -0.15) is 0 Å². The summed E-state index contributed by atoms with van der Waals surface area (Å²) in [5.41, 5.74) is 3.87. The molecule has 0 aliphatic rings. The van der Waals surface area contributed by atoms with Gasteiger partial charge in [-0.3, -0.25) is 4.79 Å². The van der Waals surface area contributed by atoms with Gasteiger partial charge in [0.1, 0.15) is 11.0 Å². The number of carbonyl (C=O) groups excluding carboxylic acids is 1. The minimum atomic E-state index is 0. The van der Waals surface area contributed by atoms with Gasteiger partial charge in [-0.15, -0.1) is 12.4 Å². The maximum Gasteiger partial charge on any atom is 0.192 e. The van der Waals surface area contributed by atoms with Crippen LogP contribution in [0.5, 0.6) is 0 Å². The average Bonchev–Trinajstić information content (AvgIpc) is 3.48. The second-order valence-corrected chi connectivity index (χ2v) is 8.79. The van der Waals surface area contributed by atoms with Crippen LogP contribution >= 0.6 is 44.3 Å². The van der Waals surface area contributed by atoms with Crippen LogP contribution in [-0.2, 0) is 0 Å². The molecule has 0 unspecified atom stereocenters. The highest BCUT2D eigenvalue weighted by Gasteiger charge is 2.10. The lowest BCUT2D eigenvalue weighted by atomic mass is 10.2. The number of oxazole rings is 2. The summed E-state index contributed by atoms with van der Waals surface area (Å²) < 4.78 is 12.4. The van der Waals surface area contributed by atoms with Gasteiger partial charge in [0, 0.05) is 25.0 Å². The van der Waals surface area contributed by atoms with Crippen molar-refractivity contribution in [1.82, 2.24) is 14.9 Å². The van der Waals surface area contributed by atoms with Gasteiger partial charge in [0.2, 0.25) is 0 Å². The predicted octanol–water partition coefficient (Wildman–Crippen LogP) is 6.52. The van der Waals surface area contributed by atoms with E-state index in [1.807, 2.05) is 6.07 Å². The van der Waals surface area contributed by atoms with Crippen molar-refractivity contribution in [2.24, 2.45) is 11.1 Å². The van der Waals surface area contributed by atoms with Crippen molar-refractivity contribution in [2.45, 2.75) is 34.6 Å². The molecule has 0 saturated carbocycles. The molecule has 0 radical (unpaired) electrons. The molecule has 0 atom stereocenters. The van der Waals surface area contributed by atoms with Gasteiger partial charge < -0.3 is 24.1 Å². The van der Waals surface area contributed by atoms with E-state index in [1.165, 1.54) is 25.8 Å². The van der Waals surface area contributed by atoms with E-state index in [9.17, 15) is 4.79 Å². The molecule has 0 aliphatic carbocycles. The third-order valence-corrected chi connectivity index (χ3v) is 6.18. The largest absolute Gasteiger partial charge is 0.440 e. The number of nitrogens with two attached hydrogens (primary N) is 1. The summed E-state index contributed by atoms with van der Waals surface area (Å²) in [6.45, 7) is 13.6. The molecular weight excluding hydrogens is 634 g/mol. The molecule has 4 rings (SSSR count). The number of benzene rings is 2. The van der Waals surface area contributed by atoms with Gasteiger partial charge in [0.15, 0.2) is 29.2 Å². The smallest absolute Gasteiger partial charge is 0.192 e. The third kappa shape index (κ3) is 9.80. The van der Waals surface area contributed by atoms with Crippen LogP contribution in [0.1, 0.15) is 48.5 Å². The highest BCUT2D eigenvalue weighted by molar-refractivity contribution is 9.11. The monoisotopic (exact) mass is 663 g/mol. The number of rotatable bonds is 5. The molecule has 37 heavy (non-hydrogen) atoms. The van der Waals surface area contributed by atoms with Crippen molar-refractivity contribution in [3.63, 3.8) is 0 Å². The minimum absolute atomic E-state index is 0. The number of hydrogen-bond acceptors (Lipinski definition) is 10. The van der Waals surface area contributed by atoms with Crippen LogP contribution in [0.25, 0.3) is 22.2 Å². The Balaban J connectivity index is 0.000000527. The molecular formula is C24H32Br2ClN5O5. The lowest BCUT2D eigenvalue weighted by molar-refractivity contribution is 0.112. The lowest BCUT2D eigenvalue weighted by Gasteiger charge is -2.13. The molecule has 2 aromatic carbocycles. The van der Waals surface area contributed by atoms with E-state index in [2.05, 4.69) is 78.6 Å². The zero-order valence-electron chi connectivity index (χ0n) is 21.2. The highest BCUT2D eigenvalue weighted by Crippen LogP contribution is 2.27. The predicted molar refractivity (Wildman–Crippen MR) is 154 cm³/mol. The van der Waals surface area contributed by atoms with E-state index < -0.39 is 0 Å². The Bertz CT molecular complexity index is 1270. The van der Waals surface area contributed by atoms with E-state index in [0.717, 1.165) is 20.8 Å². The summed E-state index contributed by atoms with van der Waals surface area (Å²) in [5.74, 6) is 4.64. The van der Waals surface area contributed by atoms with Crippen LogP contribution < -0.4 is 5.90 Å². The first-order valence-electron chi connectivity index (χ1n) is 11.0. The summed E-state index contributed by atoms with van der Waals surface area (Å²) in [7, 11) is 0. The third-order valence-electron chi connectivity index (χ3n) is 4.93. The van der Waals surface area contributed by atoms with Gasteiger partial charge in [-0.25, -0.2) is 15.9 Å². The first-order chi connectivity index (χ1) is 17.3. The molecule has 0 aliphatic heterocycles. The SMILES string of the molecule is CCN(CC)CC.Cc1nc2c(/C=N/O)ccc(Br)c2o1.Cc1nc2c(C=O)ccc(Br)c2o1.Cl.NO. The van der Waals surface area contributed by atoms with Crippen molar-refractivity contribution in [1.29, 1.82) is 0 Å². The van der Waals surface area contributed by atoms with Crippen molar-refractivity contribution in [2.75, 3.05) is 19.6 Å². The fraction of sp³-hybridized carbons (Fsp3) is 0.333. The molecule has 2 aromatic heterocycles. The second kappa shape index (κ2) is 18.0. The van der Waals surface area contributed by atoms with Crippen LogP contribution in [0, 0.1) is 13.8 Å². The highest BCUT2D eigenvalue weighted by atomic mass is 79.9. The molecule has 0 bridgehead atoms. The Morgan fingerprint density at radius 1 is 0.892 bits per heavy atom. The van der Waals surface area contributed by atoms with Crippen molar-refractivity contribution in [3.8, 4) is 0 Å². The van der Waals surface area contributed by atoms with Gasteiger partial charge in [0.25, 0.3) is 0 Å². The molecule has 0 amide bonds. The molecule has 204 valence electrons. The van der Waals surface area contributed by atoms with Crippen LogP contribution in [0.2, 0.25) is 0 Å². The van der Waals surface area contributed by atoms with E-state index in [1.54, 1.807) is 32.0 Å². The Kier molecular flexibility index (Phi) is 16.9. The number of hydrogen-bond donors (Lipinski definition) is 3. The molecule has 2 heterocycles. The molecule has 4 aromatic rings. The van der Waals surface area contributed by atoms with Crippen molar-refractivity contribution in [3.05, 3.63) is 56.1 Å². The van der Waals surface area contributed by atoms with Crippen LogP contribution in [-0.4, -0.2) is 57.4 Å². The molecule has 10 nitrogen and oxygen atoms in total. The fourth-order valence-corrected chi connectivity index (χ4v) is 3.94. The van der Waals surface area contributed by atoms with Crippen molar-refractivity contribution < 1.29 is 24.0 Å². The standard InChI is InChI=1S/C9H7BrN2O2.C9H6BrNO2.C6H15N.ClH.H3NO/c1-5-12-8-6(4-11-13)2-3-7(10)9(8)14-5;1-5-11-8-6(4-12)2-3-7(10)9(8)13-5;1-4-7(5-2)6-3;;1-2/h2-4,13H,1H3;2-4H,1H3;4-6H2,1-3H3;1H;2H,1H2/b11-4+;;;;. The van der Waals surface area contributed by atoms with Gasteiger partial charge in [0.05, 0.1) is 15.2 Å². The van der Waals surface area contributed by atoms with Crippen LogP contribution in [0.15, 0.2) is 47.2 Å². The Hall–Kier alpha value is -2.35. The maximum absolute atomic E-state index is 10.6. The maximum atomic E-state index is 10.6. The summed E-state index contributed by atoms with van der Waals surface area (Å²) in [4.78, 5) is 21.3. The molecule has 13 heteroatoms. The van der Waals surface area contributed by atoms with E-state index in [0.29, 0.717) is 39.5 Å². The number of carbonyl (C=O) groups is 1. The number of nitrogens with zero attached hydrogens (tertiary/aromatic N) is 4. The van der Waals surface area contributed by atoms with Gasteiger partial charge >= 0.3 is 0 Å². The minimum Gasteiger partial charge on any atom is -0.440 e. The average molecular weight is 666 g/mol. The Morgan fingerprint density at radius 2 is 1.30 bits per heavy atom. The Labute approximate surface area is 238 Å². The Morgan fingerprint density at radius 3 is 1.65 bits per heavy atom. The molecule has 0 saturated heterocycles. The summed E-state index contributed by atoms with van der Waals surface area (Å²) in [5, 5.41) is 17.9. The number of aryl methyl sites for hydroxylation is 2. The number of halogens is 3. The van der Waals surface area contributed by atoms with E-state index in [4.69, 9.17) is 19.2 Å². The van der Waals surface area contributed by atoms with Crippen LogP contribution in [0.3, 0.4) is 0 Å². The topological polar surface area (TPSA) is 151 Å². The van der Waals surface area contributed by atoms with Gasteiger partial charge in [-0.05, 0) is 75.8 Å². The van der Waals surface area contributed by atoms with Crippen LogP contribution in [0.4, 0.5) is 0 Å². The second-order valence-electron chi connectivity index (χ2n) is 7.08. The fourth-order valence-electron chi connectivity index (χ4n) is 3.14. The number of fused-ring (bicyclic) bond motifs is 2. The lowest BCUT2D eigenvalue weighted by Crippen LogP contribution is -2.21. The molecule has 0 fully saturated rings. The first kappa shape index (κ1) is 34.6. The normalized spacial score (nSPS) is 10.2. The summed E-state index contributed by atoms with van der Waals surface area (Å²) in [6, 6.07) is 7.11. The number of oxime groups is 1. The first-order valence-corrected chi connectivity index (χ1v) is 12.6. The zero-order valence-corrected chi connectivity index (χ0v) is 25.2. The van der Waals surface area contributed by atoms with Gasteiger partial charge in [-0.1, -0.05) is 25.9 Å². The quantitative estimate of drug-likeness (QED) is 0.0936. The summed E-state index contributed by atoms with van der Waals surface area (Å²) in [6.07, 6.45) is 2.10.